The number of rotatable bonds is 5. The molecule has 0 saturated carbocycles. The molecule has 7 heteroatoms. The summed E-state index contributed by atoms with van der Waals surface area (Å²) in [6.45, 7) is 5.17. The summed E-state index contributed by atoms with van der Waals surface area (Å²) < 4.78 is 10.9. The number of hydrogen-bond acceptors (Lipinski definition) is 4. The normalized spacial score (nSPS) is 12.8. The molecule has 0 bridgehead atoms. The number of hydrogen-bond donors (Lipinski definition) is 1. The molecule has 0 aliphatic rings. The minimum atomic E-state index is -0.774. The number of nitrogens with one attached hydrogen (secondary N) is 1. The second-order valence-electron chi connectivity index (χ2n) is 4.92. The topological polar surface area (TPSA) is 63.8 Å². The van der Waals surface area contributed by atoms with Crippen LogP contribution in [0.5, 0.6) is 5.75 Å². The molecule has 1 heterocycles. The van der Waals surface area contributed by atoms with Gasteiger partial charge in [0.05, 0.1) is 5.02 Å². The van der Waals surface area contributed by atoms with Gasteiger partial charge in [-0.3, -0.25) is 4.79 Å². The lowest BCUT2D eigenvalue weighted by atomic mass is 10.3. The van der Waals surface area contributed by atoms with E-state index in [1.165, 1.54) is 0 Å². The molecule has 0 aliphatic heterocycles. The molecule has 1 N–H and O–H groups in total. The fourth-order valence-corrected chi connectivity index (χ4v) is 2.18. The lowest BCUT2D eigenvalue weighted by Gasteiger charge is -2.14. The standard InChI is InChI=1S/C16H16Cl2N2O3/c1-9-4-6-14(22-9)10(2)19-20-16(21)11(3)23-15-7-5-12(17)8-13(15)18/h4-8,11H,1-3H3,(H,20,21)/b19-10+/t11-/m1/s1. The van der Waals surface area contributed by atoms with Crippen molar-refractivity contribution < 1.29 is 13.9 Å². The van der Waals surface area contributed by atoms with E-state index in [0.717, 1.165) is 5.76 Å². The van der Waals surface area contributed by atoms with Crippen molar-refractivity contribution in [1.29, 1.82) is 0 Å². The van der Waals surface area contributed by atoms with Crippen LogP contribution < -0.4 is 10.2 Å². The summed E-state index contributed by atoms with van der Waals surface area (Å²) in [7, 11) is 0. The first kappa shape index (κ1) is 17.4. The molecule has 1 amide bonds. The first-order valence-electron chi connectivity index (χ1n) is 6.89. The van der Waals surface area contributed by atoms with Crippen molar-refractivity contribution in [2.24, 2.45) is 5.10 Å². The number of nitrogens with zero attached hydrogens (tertiary/aromatic N) is 1. The molecule has 23 heavy (non-hydrogen) atoms. The molecule has 0 aliphatic carbocycles. The van der Waals surface area contributed by atoms with E-state index in [0.29, 0.717) is 27.3 Å². The third-order valence-corrected chi connectivity index (χ3v) is 3.53. The van der Waals surface area contributed by atoms with Crippen LogP contribution in [-0.4, -0.2) is 17.7 Å². The second-order valence-corrected chi connectivity index (χ2v) is 5.76. The van der Waals surface area contributed by atoms with Crippen LogP contribution in [0.15, 0.2) is 39.9 Å². The molecule has 0 saturated heterocycles. The Kier molecular flexibility index (Phi) is 5.69. The molecule has 0 spiro atoms. The third-order valence-electron chi connectivity index (χ3n) is 3.00. The molecule has 1 aromatic heterocycles. The highest BCUT2D eigenvalue weighted by Gasteiger charge is 2.16. The number of furan rings is 1. The van der Waals surface area contributed by atoms with E-state index in [4.69, 9.17) is 32.4 Å². The van der Waals surface area contributed by atoms with Gasteiger partial charge in [-0.1, -0.05) is 23.2 Å². The summed E-state index contributed by atoms with van der Waals surface area (Å²) in [6.07, 6.45) is -0.774. The van der Waals surface area contributed by atoms with Crippen molar-refractivity contribution in [3.8, 4) is 5.75 Å². The van der Waals surface area contributed by atoms with Gasteiger partial charge in [0.15, 0.2) is 6.10 Å². The Bertz CT molecular complexity index is 741. The van der Waals surface area contributed by atoms with Crippen LogP contribution in [0, 0.1) is 6.92 Å². The van der Waals surface area contributed by atoms with Gasteiger partial charge in [-0.15, -0.1) is 0 Å². The summed E-state index contributed by atoms with van der Waals surface area (Å²) in [5.41, 5.74) is 2.99. The second kappa shape index (κ2) is 7.53. The number of aryl methyl sites for hydroxylation is 1. The van der Waals surface area contributed by atoms with Gasteiger partial charge in [0.2, 0.25) is 0 Å². The number of amides is 1. The number of carbonyl (C=O) groups excluding carboxylic acids is 1. The molecule has 2 rings (SSSR count). The van der Waals surface area contributed by atoms with E-state index in [1.54, 1.807) is 38.1 Å². The van der Waals surface area contributed by atoms with E-state index in [2.05, 4.69) is 10.5 Å². The van der Waals surface area contributed by atoms with Gasteiger partial charge in [-0.25, -0.2) is 5.43 Å². The molecule has 122 valence electrons. The fraction of sp³-hybridized carbons (Fsp3) is 0.250. The van der Waals surface area contributed by atoms with Gasteiger partial charge in [-0.2, -0.15) is 5.10 Å². The van der Waals surface area contributed by atoms with Gasteiger partial charge in [0.25, 0.3) is 5.91 Å². The SMILES string of the molecule is C/C(=N\NC(=O)[C@@H](C)Oc1ccc(Cl)cc1Cl)c1ccc(C)o1. The molecule has 0 radical (unpaired) electrons. The van der Waals surface area contributed by atoms with Crippen molar-refractivity contribution in [1.82, 2.24) is 5.43 Å². The van der Waals surface area contributed by atoms with Gasteiger partial charge in [0.1, 0.15) is 23.0 Å². The van der Waals surface area contributed by atoms with Crippen LogP contribution in [0.25, 0.3) is 0 Å². The quantitative estimate of drug-likeness (QED) is 0.646. The monoisotopic (exact) mass is 354 g/mol. The molecule has 2 aromatic rings. The fourth-order valence-electron chi connectivity index (χ4n) is 1.73. The van der Waals surface area contributed by atoms with Gasteiger partial charge in [-0.05, 0) is 51.1 Å². The maximum absolute atomic E-state index is 12.0. The van der Waals surface area contributed by atoms with E-state index in [1.807, 2.05) is 13.0 Å². The summed E-state index contributed by atoms with van der Waals surface area (Å²) >= 11 is 11.8. The van der Waals surface area contributed by atoms with Crippen LogP contribution in [0.4, 0.5) is 0 Å². The number of ether oxygens (including phenoxy) is 1. The van der Waals surface area contributed by atoms with Crippen LogP contribution in [0.1, 0.15) is 25.4 Å². The van der Waals surface area contributed by atoms with Crippen LogP contribution in [0.2, 0.25) is 10.0 Å². The Labute approximate surface area is 144 Å². The number of halogens is 2. The number of benzene rings is 1. The Balaban J connectivity index is 1.97. The highest BCUT2D eigenvalue weighted by Crippen LogP contribution is 2.28. The van der Waals surface area contributed by atoms with Crippen LogP contribution >= 0.6 is 23.2 Å². The highest BCUT2D eigenvalue weighted by atomic mass is 35.5. The first-order chi connectivity index (χ1) is 10.9. The lowest BCUT2D eigenvalue weighted by molar-refractivity contribution is -0.127. The smallest absolute Gasteiger partial charge is 0.280 e. The zero-order valence-corrected chi connectivity index (χ0v) is 14.4. The Morgan fingerprint density at radius 2 is 2.04 bits per heavy atom. The van der Waals surface area contributed by atoms with Gasteiger partial charge < -0.3 is 9.15 Å². The molecular weight excluding hydrogens is 339 g/mol. The van der Waals surface area contributed by atoms with E-state index in [9.17, 15) is 4.79 Å². The zero-order chi connectivity index (χ0) is 17.0. The maximum atomic E-state index is 12.0. The van der Waals surface area contributed by atoms with Crippen molar-refractivity contribution in [2.45, 2.75) is 26.9 Å². The largest absolute Gasteiger partial charge is 0.479 e. The summed E-state index contributed by atoms with van der Waals surface area (Å²) in [6, 6.07) is 8.40. The summed E-state index contributed by atoms with van der Waals surface area (Å²) in [5.74, 6) is 1.34. The summed E-state index contributed by atoms with van der Waals surface area (Å²) in [4.78, 5) is 12.0. The predicted octanol–water partition coefficient (Wildman–Crippen LogP) is 4.20. The predicted molar refractivity (Wildman–Crippen MR) is 90.4 cm³/mol. The number of carbonyl (C=O) groups is 1. The van der Waals surface area contributed by atoms with E-state index in [-0.39, 0.29) is 0 Å². The Hall–Kier alpha value is -1.98. The minimum absolute atomic E-state index is 0.336. The summed E-state index contributed by atoms with van der Waals surface area (Å²) in [5, 5.41) is 4.83. The molecule has 1 aromatic carbocycles. The maximum Gasteiger partial charge on any atom is 0.280 e. The molecule has 0 unspecified atom stereocenters. The Morgan fingerprint density at radius 1 is 1.30 bits per heavy atom. The average Bonchev–Trinajstić information content (AvgIpc) is 2.93. The third kappa shape index (κ3) is 4.74. The molecule has 1 atom stereocenters. The van der Waals surface area contributed by atoms with Crippen molar-refractivity contribution >= 4 is 34.8 Å². The average molecular weight is 355 g/mol. The highest BCUT2D eigenvalue weighted by molar-refractivity contribution is 6.35. The molecule has 5 nitrogen and oxygen atoms in total. The molecular formula is C16H16Cl2N2O3. The lowest BCUT2D eigenvalue weighted by Crippen LogP contribution is -2.34. The zero-order valence-electron chi connectivity index (χ0n) is 12.9. The van der Waals surface area contributed by atoms with E-state index >= 15 is 0 Å². The van der Waals surface area contributed by atoms with Crippen molar-refractivity contribution in [3.05, 3.63) is 51.9 Å². The van der Waals surface area contributed by atoms with Gasteiger partial charge >= 0.3 is 0 Å². The van der Waals surface area contributed by atoms with Crippen molar-refractivity contribution in [2.75, 3.05) is 0 Å². The van der Waals surface area contributed by atoms with Crippen LogP contribution in [0.3, 0.4) is 0 Å². The van der Waals surface area contributed by atoms with Crippen LogP contribution in [-0.2, 0) is 4.79 Å². The molecule has 0 fully saturated rings. The van der Waals surface area contributed by atoms with Gasteiger partial charge in [0, 0.05) is 5.02 Å². The first-order valence-corrected chi connectivity index (χ1v) is 7.65. The number of hydrazone groups is 1. The van der Waals surface area contributed by atoms with Crippen molar-refractivity contribution in [3.63, 3.8) is 0 Å². The minimum Gasteiger partial charge on any atom is -0.479 e. The Morgan fingerprint density at radius 3 is 2.65 bits per heavy atom. The van der Waals surface area contributed by atoms with E-state index < -0.39 is 12.0 Å².